The number of ether oxygens (including phenoxy) is 1. The third kappa shape index (κ3) is 4.61. The summed E-state index contributed by atoms with van der Waals surface area (Å²) in [5, 5.41) is 1.12. The van der Waals surface area contributed by atoms with Gasteiger partial charge < -0.3 is 19.1 Å². The summed E-state index contributed by atoms with van der Waals surface area (Å²) in [5.74, 6) is -0.720. The predicted molar refractivity (Wildman–Crippen MR) is 137 cm³/mol. The molecule has 1 aromatic carbocycles. The Bertz CT molecular complexity index is 1210. The molecule has 2 saturated heterocycles. The number of thiocarbonyl (C=S) groups is 1. The molecule has 34 heavy (non-hydrogen) atoms. The monoisotopic (exact) mass is 546 g/mol. The van der Waals surface area contributed by atoms with Crippen LogP contribution >= 0.6 is 28.1 Å². The van der Waals surface area contributed by atoms with E-state index >= 15 is 0 Å². The second kappa shape index (κ2) is 9.87. The summed E-state index contributed by atoms with van der Waals surface area (Å²) in [4.78, 5) is 42.8. The molecule has 0 N–H and O–H groups in total. The highest BCUT2D eigenvalue weighted by Crippen LogP contribution is 2.30. The van der Waals surface area contributed by atoms with Gasteiger partial charge in [-0.3, -0.25) is 19.3 Å². The largest absolute Gasteiger partial charge is 0.468 e. The van der Waals surface area contributed by atoms with E-state index in [1.807, 2.05) is 33.9 Å². The molecule has 1 atom stereocenters. The molecule has 0 unspecified atom stereocenters. The molecule has 8 nitrogen and oxygen atoms in total. The van der Waals surface area contributed by atoms with E-state index in [4.69, 9.17) is 17.0 Å². The van der Waals surface area contributed by atoms with Gasteiger partial charge in [0, 0.05) is 46.8 Å². The average Bonchev–Trinajstić information content (AvgIpc) is 3.24. The number of nitrogens with zero attached hydrogens (tertiary/aromatic N) is 4. The molecular formula is C24H27BrN4O4S. The second-order valence-corrected chi connectivity index (χ2v) is 9.93. The number of amides is 2. The maximum absolute atomic E-state index is 13.1. The summed E-state index contributed by atoms with van der Waals surface area (Å²) in [6.45, 7) is 2.93. The summed E-state index contributed by atoms with van der Waals surface area (Å²) in [6, 6.07) is 6.07. The maximum atomic E-state index is 13.1. The lowest BCUT2D eigenvalue weighted by atomic mass is 10.0. The number of likely N-dealkylation sites (tertiary alicyclic amines) is 1. The highest BCUT2D eigenvalue weighted by atomic mass is 79.9. The minimum Gasteiger partial charge on any atom is -0.468 e. The summed E-state index contributed by atoms with van der Waals surface area (Å²) in [7, 11) is 2.87. The van der Waals surface area contributed by atoms with E-state index in [9.17, 15) is 14.4 Å². The van der Waals surface area contributed by atoms with Crippen LogP contribution in [0.3, 0.4) is 0 Å². The molecule has 0 aliphatic carbocycles. The quantitative estimate of drug-likeness (QED) is 0.325. The van der Waals surface area contributed by atoms with Gasteiger partial charge >= 0.3 is 5.97 Å². The van der Waals surface area contributed by atoms with E-state index in [2.05, 4.69) is 22.9 Å². The first-order valence-electron chi connectivity index (χ1n) is 11.2. The molecule has 0 spiro atoms. The Labute approximate surface area is 212 Å². The van der Waals surface area contributed by atoms with Crippen LogP contribution in [0.1, 0.15) is 31.7 Å². The molecule has 2 fully saturated rings. The second-order valence-electron chi connectivity index (χ2n) is 8.64. The first-order valence-corrected chi connectivity index (χ1v) is 12.4. The number of benzene rings is 1. The van der Waals surface area contributed by atoms with Crippen LogP contribution in [0.2, 0.25) is 0 Å². The first-order chi connectivity index (χ1) is 16.2. The van der Waals surface area contributed by atoms with Gasteiger partial charge in [-0.1, -0.05) is 15.9 Å². The van der Waals surface area contributed by atoms with E-state index in [-0.39, 0.29) is 41.8 Å². The molecular weight excluding hydrogens is 520 g/mol. The predicted octanol–water partition coefficient (Wildman–Crippen LogP) is 3.38. The summed E-state index contributed by atoms with van der Waals surface area (Å²) >= 11 is 8.90. The Morgan fingerprint density at radius 3 is 2.74 bits per heavy atom. The SMILES string of the molecule is COC(=O)CN1C(=S)N(C)C(=O)/C1=C/c1cn(CC(=O)N2CCCC[C@@H]2C)c2ccc(Br)cc12. The van der Waals surface area contributed by atoms with Crippen LogP contribution in [0.15, 0.2) is 34.6 Å². The minimum atomic E-state index is -0.497. The van der Waals surface area contributed by atoms with E-state index in [0.29, 0.717) is 0 Å². The normalized spacial score (nSPS) is 20.1. The van der Waals surface area contributed by atoms with Crippen molar-refractivity contribution in [3.8, 4) is 0 Å². The van der Waals surface area contributed by atoms with E-state index in [0.717, 1.165) is 46.7 Å². The lowest BCUT2D eigenvalue weighted by Gasteiger charge is -2.33. The Morgan fingerprint density at radius 2 is 2.03 bits per heavy atom. The van der Waals surface area contributed by atoms with Crippen molar-refractivity contribution in [1.82, 2.24) is 19.3 Å². The molecule has 2 aromatic rings. The number of halogens is 1. The van der Waals surface area contributed by atoms with Crippen molar-refractivity contribution in [2.45, 2.75) is 38.8 Å². The number of carbonyl (C=O) groups is 3. The van der Waals surface area contributed by atoms with Gasteiger partial charge in [0.1, 0.15) is 18.8 Å². The summed E-state index contributed by atoms with van der Waals surface area (Å²) in [6.07, 6.45) is 6.80. The third-order valence-corrected chi connectivity index (χ3v) is 7.43. The van der Waals surface area contributed by atoms with Gasteiger partial charge in [0.25, 0.3) is 5.91 Å². The van der Waals surface area contributed by atoms with Crippen LogP contribution in [0.25, 0.3) is 17.0 Å². The number of rotatable bonds is 5. The van der Waals surface area contributed by atoms with Gasteiger partial charge in [0.05, 0.1) is 7.11 Å². The average molecular weight is 547 g/mol. The van der Waals surface area contributed by atoms with Crippen molar-refractivity contribution in [1.29, 1.82) is 0 Å². The Balaban J connectivity index is 1.74. The molecule has 3 heterocycles. The zero-order chi connectivity index (χ0) is 24.6. The number of likely N-dealkylation sites (N-methyl/N-ethyl adjacent to an activating group) is 1. The van der Waals surface area contributed by atoms with Gasteiger partial charge in [0.2, 0.25) is 5.91 Å². The Hall–Kier alpha value is -2.72. The molecule has 2 aliphatic rings. The third-order valence-electron chi connectivity index (χ3n) is 6.44. The van der Waals surface area contributed by atoms with E-state index in [1.54, 1.807) is 13.1 Å². The van der Waals surface area contributed by atoms with Crippen LogP contribution < -0.4 is 0 Å². The Kier molecular flexibility index (Phi) is 7.09. The molecule has 10 heteroatoms. The highest BCUT2D eigenvalue weighted by molar-refractivity contribution is 9.10. The molecule has 0 radical (unpaired) electrons. The van der Waals surface area contributed by atoms with Crippen molar-refractivity contribution < 1.29 is 19.1 Å². The summed E-state index contributed by atoms with van der Waals surface area (Å²) < 4.78 is 7.58. The zero-order valence-electron chi connectivity index (χ0n) is 19.4. The zero-order valence-corrected chi connectivity index (χ0v) is 21.8. The van der Waals surface area contributed by atoms with Gasteiger partial charge in [0.15, 0.2) is 5.11 Å². The fourth-order valence-corrected chi connectivity index (χ4v) is 5.15. The van der Waals surface area contributed by atoms with Crippen LogP contribution in [-0.4, -0.2) is 75.5 Å². The molecule has 2 aliphatic heterocycles. The number of piperidine rings is 1. The minimum absolute atomic E-state index is 0.0800. The topological polar surface area (TPSA) is 75.1 Å². The first kappa shape index (κ1) is 24.4. The summed E-state index contributed by atoms with van der Waals surface area (Å²) in [5.41, 5.74) is 1.92. The highest BCUT2D eigenvalue weighted by Gasteiger charge is 2.37. The lowest BCUT2D eigenvalue weighted by molar-refractivity contribution is -0.140. The van der Waals surface area contributed by atoms with E-state index < -0.39 is 5.97 Å². The van der Waals surface area contributed by atoms with E-state index in [1.165, 1.54) is 16.9 Å². The fraction of sp³-hybridized carbons (Fsp3) is 0.417. The van der Waals surface area contributed by atoms with Crippen molar-refractivity contribution in [3.63, 3.8) is 0 Å². The number of methoxy groups -OCH3 is 1. The molecule has 4 rings (SSSR count). The number of carbonyl (C=O) groups excluding carboxylic acids is 3. The number of hydrogen-bond donors (Lipinski definition) is 0. The maximum Gasteiger partial charge on any atom is 0.325 e. The number of aromatic nitrogens is 1. The molecule has 0 bridgehead atoms. The fourth-order valence-electron chi connectivity index (χ4n) is 4.54. The number of esters is 1. The van der Waals surface area contributed by atoms with Gasteiger partial charge in [-0.25, -0.2) is 0 Å². The van der Waals surface area contributed by atoms with Crippen molar-refractivity contribution >= 4 is 68.0 Å². The molecule has 0 saturated carbocycles. The smallest absolute Gasteiger partial charge is 0.325 e. The van der Waals surface area contributed by atoms with Gasteiger partial charge in [-0.2, -0.15) is 0 Å². The van der Waals surface area contributed by atoms with Crippen LogP contribution in [0, 0.1) is 0 Å². The molecule has 180 valence electrons. The van der Waals surface area contributed by atoms with Crippen LogP contribution in [0.4, 0.5) is 0 Å². The lowest BCUT2D eigenvalue weighted by Crippen LogP contribution is -2.43. The standard InChI is InChI=1S/C24H27BrN4O4S/c1-15-6-4-5-9-28(15)21(30)13-27-12-16(18-11-17(25)7-8-19(18)27)10-20-23(32)26(2)24(34)29(20)14-22(31)33-3/h7-8,10-12,15H,4-6,9,13-14H2,1-3H3/b20-10-/t15-/m0/s1. The van der Waals surface area contributed by atoms with Crippen LogP contribution in [0.5, 0.6) is 0 Å². The van der Waals surface area contributed by atoms with Crippen molar-refractivity contribution in [2.24, 2.45) is 0 Å². The van der Waals surface area contributed by atoms with Crippen molar-refractivity contribution in [2.75, 3.05) is 27.2 Å². The molecule has 1 aromatic heterocycles. The van der Waals surface area contributed by atoms with Crippen LogP contribution in [-0.2, 0) is 25.7 Å². The van der Waals surface area contributed by atoms with Crippen molar-refractivity contribution in [3.05, 3.63) is 40.1 Å². The number of fused-ring (bicyclic) bond motifs is 1. The van der Waals surface area contributed by atoms with Gasteiger partial charge in [-0.05, 0) is 62.7 Å². The Morgan fingerprint density at radius 1 is 1.26 bits per heavy atom. The number of hydrogen-bond acceptors (Lipinski definition) is 5. The molecule has 2 amide bonds. The van der Waals surface area contributed by atoms with Gasteiger partial charge in [-0.15, -0.1) is 0 Å².